The standard InChI is InChI=1S/C26H29N3O3/c1-5-22-8-6-7-9-24(22)27-25(30)17-32-26(31)15-14-23-19(3)28-29(20(23)4)16-21-12-10-18(2)11-13-21/h6-15H,5,16-17H2,1-4H3,(H,27,30)/b15-14+. The molecule has 2 aromatic carbocycles. The Labute approximate surface area is 188 Å². The molecule has 0 saturated heterocycles. The zero-order valence-corrected chi connectivity index (χ0v) is 19.0. The van der Waals surface area contributed by atoms with Gasteiger partial charge < -0.3 is 10.1 Å². The molecule has 0 aliphatic carbocycles. The molecule has 0 atom stereocenters. The average Bonchev–Trinajstić information content (AvgIpc) is 3.05. The van der Waals surface area contributed by atoms with Crippen LogP contribution in [-0.4, -0.2) is 28.3 Å². The smallest absolute Gasteiger partial charge is 0.331 e. The van der Waals surface area contributed by atoms with Gasteiger partial charge in [0.1, 0.15) is 0 Å². The summed E-state index contributed by atoms with van der Waals surface area (Å²) in [5, 5.41) is 7.38. The minimum absolute atomic E-state index is 0.341. The van der Waals surface area contributed by atoms with Gasteiger partial charge in [0, 0.05) is 23.0 Å². The van der Waals surface area contributed by atoms with Gasteiger partial charge in [-0.05, 0) is 50.5 Å². The maximum absolute atomic E-state index is 12.1. The summed E-state index contributed by atoms with van der Waals surface area (Å²) in [6.07, 6.45) is 3.83. The number of aromatic nitrogens is 2. The number of para-hydroxylation sites is 1. The molecule has 32 heavy (non-hydrogen) atoms. The first-order valence-corrected chi connectivity index (χ1v) is 10.7. The van der Waals surface area contributed by atoms with Crippen molar-refractivity contribution in [2.45, 2.75) is 40.7 Å². The number of amides is 1. The lowest BCUT2D eigenvalue weighted by atomic mass is 10.1. The maximum Gasteiger partial charge on any atom is 0.331 e. The molecule has 6 nitrogen and oxygen atoms in total. The van der Waals surface area contributed by atoms with Gasteiger partial charge in [0.25, 0.3) is 5.91 Å². The van der Waals surface area contributed by atoms with Crippen molar-refractivity contribution in [3.63, 3.8) is 0 Å². The van der Waals surface area contributed by atoms with Crippen molar-refractivity contribution < 1.29 is 14.3 Å². The van der Waals surface area contributed by atoms with Crippen molar-refractivity contribution in [1.82, 2.24) is 9.78 Å². The Morgan fingerprint density at radius 2 is 1.78 bits per heavy atom. The third kappa shape index (κ3) is 5.94. The van der Waals surface area contributed by atoms with Gasteiger partial charge in [0.05, 0.1) is 12.2 Å². The number of esters is 1. The van der Waals surface area contributed by atoms with E-state index < -0.39 is 5.97 Å². The summed E-state index contributed by atoms with van der Waals surface area (Å²) in [6, 6.07) is 15.9. The summed E-state index contributed by atoms with van der Waals surface area (Å²) in [5.74, 6) is -0.945. The highest BCUT2D eigenvalue weighted by Crippen LogP contribution is 2.17. The van der Waals surface area contributed by atoms with E-state index in [-0.39, 0.29) is 12.5 Å². The van der Waals surface area contributed by atoms with Crippen LogP contribution in [0.15, 0.2) is 54.6 Å². The molecule has 3 rings (SSSR count). The minimum atomic E-state index is -0.575. The fourth-order valence-corrected chi connectivity index (χ4v) is 3.45. The number of aryl methyl sites for hydroxylation is 3. The van der Waals surface area contributed by atoms with Crippen LogP contribution in [0.1, 0.15) is 40.6 Å². The van der Waals surface area contributed by atoms with Crippen LogP contribution in [0.5, 0.6) is 0 Å². The summed E-state index contributed by atoms with van der Waals surface area (Å²) in [7, 11) is 0. The predicted octanol–water partition coefficient (Wildman–Crippen LogP) is 4.61. The van der Waals surface area contributed by atoms with Crippen molar-refractivity contribution >= 4 is 23.6 Å². The van der Waals surface area contributed by atoms with Crippen LogP contribution in [0.2, 0.25) is 0 Å². The largest absolute Gasteiger partial charge is 0.452 e. The van der Waals surface area contributed by atoms with E-state index in [4.69, 9.17) is 4.74 Å². The van der Waals surface area contributed by atoms with Crippen molar-refractivity contribution in [3.05, 3.63) is 88.2 Å². The van der Waals surface area contributed by atoms with Crippen LogP contribution < -0.4 is 5.32 Å². The molecule has 0 aliphatic heterocycles. The lowest BCUT2D eigenvalue weighted by Crippen LogP contribution is -2.20. The van der Waals surface area contributed by atoms with E-state index in [1.807, 2.05) is 49.7 Å². The minimum Gasteiger partial charge on any atom is -0.452 e. The zero-order valence-electron chi connectivity index (χ0n) is 19.0. The number of benzene rings is 2. The lowest BCUT2D eigenvalue weighted by Gasteiger charge is -2.09. The summed E-state index contributed by atoms with van der Waals surface area (Å²) in [4.78, 5) is 24.3. The molecule has 0 unspecified atom stereocenters. The van der Waals surface area contributed by atoms with Gasteiger partial charge >= 0.3 is 5.97 Å². The first-order valence-electron chi connectivity index (χ1n) is 10.7. The molecule has 0 fully saturated rings. The third-order valence-electron chi connectivity index (χ3n) is 5.29. The van der Waals surface area contributed by atoms with E-state index in [2.05, 4.69) is 41.6 Å². The van der Waals surface area contributed by atoms with E-state index >= 15 is 0 Å². The van der Waals surface area contributed by atoms with E-state index in [1.54, 1.807) is 6.08 Å². The van der Waals surface area contributed by atoms with Gasteiger partial charge in [-0.1, -0.05) is 55.0 Å². The Hall–Kier alpha value is -3.67. The highest BCUT2D eigenvalue weighted by molar-refractivity contribution is 5.95. The normalized spacial score (nSPS) is 11.0. The molecule has 1 amide bonds. The Kier molecular flexibility index (Phi) is 7.60. The number of hydrogen-bond donors (Lipinski definition) is 1. The van der Waals surface area contributed by atoms with Crippen LogP contribution >= 0.6 is 0 Å². The quantitative estimate of drug-likeness (QED) is 0.417. The molecule has 166 valence electrons. The van der Waals surface area contributed by atoms with E-state index in [0.717, 1.165) is 40.2 Å². The van der Waals surface area contributed by atoms with Crippen molar-refractivity contribution in [1.29, 1.82) is 0 Å². The van der Waals surface area contributed by atoms with E-state index in [9.17, 15) is 9.59 Å². The number of nitrogens with one attached hydrogen (secondary N) is 1. The van der Waals surface area contributed by atoms with Crippen molar-refractivity contribution in [2.24, 2.45) is 0 Å². The van der Waals surface area contributed by atoms with Crippen LogP contribution in [0.25, 0.3) is 6.08 Å². The third-order valence-corrected chi connectivity index (χ3v) is 5.29. The van der Waals surface area contributed by atoms with E-state index in [0.29, 0.717) is 6.54 Å². The fourth-order valence-electron chi connectivity index (χ4n) is 3.45. The van der Waals surface area contributed by atoms with Crippen LogP contribution in [0.4, 0.5) is 5.69 Å². The lowest BCUT2D eigenvalue weighted by molar-refractivity contribution is -0.142. The molecular formula is C26H29N3O3. The molecule has 1 N–H and O–H groups in total. The number of hydrogen-bond acceptors (Lipinski definition) is 4. The summed E-state index contributed by atoms with van der Waals surface area (Å²) in [6.45, 7) is 8.27. The Bertz CT molecular complexity index is 1130. The SMILES string of the molecule is CCc1ccccc1NC(=O)COC(=O)/C=C/c1c(C)nn(Cc2ccc(C)cc2)c1C. The number of carbonyl (C=O) groups excluding carboxylic acids is 2. The van der Waals surface area contributed by atoms with Crippen LogP contribution in [0.3, 0.4) is 0 Å². The first-order chi connectivity index (χ1) is 15.4. The summed E-state index contributed by atoms with van der Waals surface area (Å²) < 4.78 is 7.02. The van der Waals surface area contributed by atoms with Gasteiger partial charge in [0.15, 0.2) is 6.61 Å². The second-order valence-electron chi connectivity index (χ2n) is 7.73. The Balaban J connectivity index is 1.57. The number of carbonyl (C=O) groups is 2. The molecular weight excluding hydrogens is 402 g/mol. The number of ether oxygens (including phenoxy) is 1. The predicted molar refractivity (Wildman–Crippen MR) is 126 cm³/mol. The highest BCUT2D eigenvalue weighted by atomic mass is 16.5. The second-order valence-corrected chi connectivity index (χ2v) is 7.73. The number of nitrogens with zero attached hydrogens (tertiary/aromatic N) is 2. The summed E-state index contributed by atoms with van der Waals surface area (Å²) >= 11 is 0. The molecule has 0 radical (unpaired) electrons. The highest BCUT2D eigenvalue weighted by Gasteiger charge is 2.11. The molecule has 0 spiro atoms. The van der Waals surface area contributed by atoms with Gasteiger partial charge in [-0.3, -0.25) is 9.48 Å². The van der Waals surface area contributed by atoms with Crippen LogP contribution in [-0.2, 0) is 27.3 Å². The van der Waals surface area contributed by atoms with Crippen LogP contribution in [0, 0.1) is 20.8 Å². The Morgan fingerprint density at radius 1 is 1.06 bits per heavy atom. The average molecular weight is 432 g/mol. The molecule has 0 aliphatic rings. The van der Waals surface area contributed by atoms with Gasteiger partial charge in [-0.25, -0.2) is 4.79 Å². The molecule has 1 aromatic heterocycles. The molecule has 6 heteroatoms. The maximum atomic E-state index is 12.1. The van der Waals surface area contributed by atoms with Gasteiger partial charge in [-0.15, -0.1) is 0 Å². The van der Waals surface area contributed by atoms with Crippen molar-refractivity contribution in [3.8, 4) is 0 Å². The molecule has 1 heterocycles. The number of rotatable bonds is 8. The van der Waals surface area contributed by atoms with Gasteiger partial charge in [0.2, 0.25) is 0 Å². The molecule has 0 saturated carbocycles. The van der Waals surface area contributed by atoms with Gasteiger partial charge in [-0.2, -0.15) is 5.10 Å². The van der Waals surface area contributed by atoms with Crippen molar-refractivity contribution in [2.75, 3.05) is 11.9 Å². The molecule has 3 aromatic rings. The zero-order chi connectivity index (χ0) is 23.1. The molecule has 0 bridgehead atoms. The topological polar surface area (TPSA) is 73.2 Å². The summed E-state index contributed by atoms with van der Waals surface area (Å²) in [5.41, 5.74) is 6.79. The monoisotopic (exact) mass is 431 g/mol. The second kappa shape index (κ2) is 10.6. The fraction of sp³-hybridized carbons (Fsp3) is 0.269. The number of anilines is 1. The first kappa shape index (κ1) is 23.0. The Morgan fingerprint density at radius 3 is 2.50 bits per heavy atom. The van der Waals surface area contributed by atoms with E-state index in [1.165, 1.54) is 11.6 Å².